The molecule has 0 spiro atoms. The van der Waals surface area contributed by atoms with Gasteiger partial charge in [-0.2, -0.15) is 0 Å². The van der Waals surface area contributed by atoms with Gasteiger partial charge in [0, 0.05) is 32.4 Å². The van der Waals surface area contributed by atoms with Crippen LogP contribution in [0.25, 0.3) is 0 Å². The number of benzene rings is 1. The number of pyridine rings is 1. The second kappa shape index (κ2) is 8.46. The largest absolute Gasteiger partial charge is 0.353 e. The third-order valence-electron chi connectivity index (χ3n) is 5.37. The molecule has 3 heterocycles. The van der Waals surface area contributed by atoms with Crippen LogP contribution in [0.5, 0.6) is 0 Å². The normalized spacial score (nSPS) is 21.3. The molecule has 1 aromatic carbocycles. The molecule has 2 aromatic rings. The second-order valence-electron chi connectivity index (χ2n) is 7.53. The van der Waals surface area contributed by atoms with Crippen molar-refractivity contribution in [3.05, 3.63) is 65.9 Å². The number of nitrogens with one attached hydrogen (secondary N) is 3. The van der Waals surface area contributed by atoms with Gasteiger partial charge in [0.2, 0.25) is 5.96 Å². The van der Waals surface area contributed by atoms with Crippen LogP contribution in [0, 0.1) is 17.5 Å². The summed E-state index contributed by atoms with van der Waals surface area (Å²) < 4.78 is 41.0. The lowest BCUT2D eigenvalue weighted by Crippen LogP contribution is -2.56. The number of aliphatic imine (C=N–C) groups is 1. The van der Waals surface area contributed by atoms with Gasteiger partial charge >= 0.3 is 0 Å². The molecule has 1 aromatic heterocycles. The Morgan fingerprint density at radius 1 is 1.00 bits per heavy atom. The highest BCUT2D eigenvalue weighted by molar-refractivity contribution is 5.84. The lowest BCUT2D eigenvalue weighted by molar-refractivity contribution is 0.361. The van der Waals surface area contributed by atoms with Crippen LogP contribution in [-0.2, 0) is 0 Å². The molecule has 4 rings (SSSR count). The molecule has 1 fully saturated rings. The molecular weight excluding hydrogens is 407 g/mol. The average molecular weight is 431 g/mol. The summed E-state index contributed by atoms with van der Waals surface area (Å²) in [6, 6.07) is 7.86. The number of halogens is 3. The monoisotopic (exact) mass is 431 g/mol. The molecule has 10 heteroatoms. The number of piperazine rings is 1. The van der Waals surface area contributed by atoms with Crippen molar-refractivity contribution in [2.45, 2.75) is 12.6 Å². The average Bonchev–Trinajstić information content (AvgIpc) is 2.80. The lowest BCUT2D eigenvalue weighted by atomic mass is 10.1. The summed E-state index contributed by atoms with van der Waals surface area (Å²) in [5.41, 5.74) is -0.937. The Morgan fingerprint density at radius 3 is 2.42 bits per heavy atom. The molecule has 7 nitrogen and oxygen atoms in total. The van der Waals surface area contributed by atoms with Gasteiger partial charge in [0.15, 0.2) is 17.5 Å². The van der Waals surface area contributed by atoms with Crippen molar-refractivity contribution in [3.63, 3.8) is 0 Å². The summed E-state index contributed by atoms with van der Waals surface area (Å²) in [7, 11) is 1.76. The minimum atomic E-state index is -1.52. The summed E-state index contributed by atoms with van der Waals surface area (Å²) in [4.78, 5) is 13.4. The SMILES string of the molecule is CNC1(C)C=C(Nc2ccc(F)c(F)c2F)NC(N2CCN(c3ccccn3)CC2)=N1. The van der Waals surface area contributed by atoms with Crippen LogP contribution in [0.15, 0.2) is 53.4 Å². The number of nitrogens with zero attached hydrogens (tertiary/aromatic N) is 4. The minimum absolute atomic E-state index is 0.169. The maximum atomic E-state index is 14.1. The predicted octanol–water partition coefficient (Wildman–Crippen LogP) is 2.47. The Balaban J connectivity index is 1.49. The van der Waals surface area contributed by atoms with Crippen LogP contribution in [0.4, 0.5) is 24.7 Å². The zero-order valence-electron chi connectivity index (χ0n) is 17.3. The van der Waals surface area contributed by atoms with Crippen LogP contribution in [0.1, 0.15) is 6.92 Å². The van der Waals surface area contributed by atoms with Crippen LogP contribution in [-0.4, -0.2) is 54.7 Å². The molecule has 0 amide bonds. The quantitative estimate of drug-likeness (QED) is 0.647. The zero-order chi connectivity index (χ0) is 22.0. The van der Waals surface area contributed by atoms with Gasteiger partial charge in [0.25, 0.3) is 0 Å². The van der Waals surface area contributed by atoms with Gasteiger partial charge in [-0.3, -0.25) is 5.32 Å². The van der Waals surface area contributed by atoms with E-state index in [9.17, 15) is 13.2 Å². The smallest absolute Gasteiger partial charge is 0.201 e. The van der Waals surface area contributed by atoms with E-state index in [0.29, 0.717) is 24.9 Å². The number of rotatable bonds is 4. The molecule has 0 saturated carbocycles. The highest BCUT2D eigenvalue weighted by atomic mass is 19.2. The number of anilines is 2. The van der Waals surface area contributed by atoms with E-state index in [0.717, 1.165) is 31.0 Å². The van der Waals surface area contributed by atoms with Gasteiger partial charge < -0.3 is 20.4 Å². The van der Waals surface area contributed by atoms with Crippen molar-refractivity contribution in [1.82, 2.24) is 20.5 Å². The Bertz CT molecular complexity index is 1000. The van der Waals surface area contributed by atoms with Crippen molar-refractivity contribution < 1.29 is 13.2 Å². The van der Waals surface area contributed by atoms with Crippen molar-refractivity contribution >= 4 is 17.5 Å². The van der Waals surface area contributed by atoms with Gasteiger partial charge in [-0.1, -0.05) is 6.07 Å². The number of guanidine groups is 1. The van der Waals surface area contributed by atoms with E-state index >= 15 is 0 Å². The van der Waals surface area contributed by atoms with E-state index in [1.165, 1.54) is 0 Å². The van der Waals surface area contributed by atoms with E-state index in [4.69, 9.17) is 4.99 Å². The van der Waals surface area contributed by atoms with Gasteiger partial charge in [-0.05, 0) is 44.3 Å². The van der Waals surface area contributed by atoms with E-state index in [2.05, 4.69) is 30.7 Å². The van der Waals surface area contributed by atoms with Gasteiger partial charge in [-0.25, -0.2) is 23.1 Å². The third-order valence-corrected chi connectivity index (χ3v) is 5.37. The van der Waals surface area contributed by atoms with E-state index in [1.807, 2.05) is 25.1 Å². The molecular formula is C21H24F3N7. The number of hydrogen-bond donors (Lipinski definition) is 3. The highest BCUT2D eigenvalue weighted by Crippen LogP contribution is 2.23. The van der Waals surface area contributed by atoms with Gasteiger partial charge in [0.1, 0.15) is 17.3 Å². The fourth-order valence-corrected chi connectivity index (χ4v) is 3.52. The fourth-order valence-electron chi connectivity index (χ4n) is 3.52. The molecule has 0 aliphatic carbocycles. The summed E-state index contributed by atoms with van der Waals surface area (Å²) in [5.74, 6) is -2.08. The van der Waals surface area contributed by atoms with Crippen LogP contribution in [0.3, 0.4) is 0 Å². The van der Waals surface area contributed by atoms with E-state index in [-0.39, 0.29) is 5.69 Å². The number of aromatic nitrogens is 1. The first-order valence-electron chi connectivity index (χ1n) is 9.98. The van der Waals surface area contributed by atoms with Crippen molar-refractivity contribution in [2.75, 3.05) is 43.4 Å². The molecule has 1 unspecified atom stereocenters. The lowest BCUT2D eigenvalue weighted by Gasteiger charge is -2.40. The van der Waals surface area contributed by atoms with Gasteiger partial charge in [0.05, 0.1) is 5.69 Å². The van der Waals surface area contributed by atoms with Crippen molar-refractivity contribution in [3.8, 4) is 0 Å². The number of likely N-dealkylation sites (N-methyl/N-ethyl adjacent to an activating group) is 1. The molecule has 3 N–H and O–H groups in total. The molecule has 164 valence electrons. The third kappa shape index (κ3) is 4.43. The van der Waals surface area contributed by atoms with Crippen molar-refractivity contribution in [2.24, 2.45) is 4.99 Å². The summed E-state index contributed by atoms with van der Waals surface area (Å²) in [5, 5.41) is 9.07. The summed E-state index contributed by atoms with van der Waals surface area (Å²) >= 11 is 0. The maximum absolute atomic E-state index is 14.1. The molecule has 0 radical (unpaired) electrons. The highest BCUT2D eigenvalue weighted by Gasteiger charge is 2.30. The van der Waals surface area contributed by atoms with Crippen LogP contribution >= 0.6 is 0 Å². The Morgan fingerprint density at radius 2 is 1.74 bits per heavy atom. The Kier molecular flexibility index (Phi) is 5.73. The van der Waals surface area contributed by atoms with Crippen molar-refractivity contribution in [1.29, 1.82) is 0 Å². The molecule has 31 heavy (non-hydrogen) atoms. The summed E-state index contributed by atoms with van der Waals surface area (Å²) in [6.07, 6.45) is 3.49. The second-order valence-corrected chi connectivity index (χ2v) is 7.53. The first-order valence-corrected chi connectivity index (χ1v) is 9.98. The fraction of sp³-hybridized carbons (Fsp3) is 0.333. The van der Waals surface area contributed by atoms with Crippen LogP contribution < -0.4 is 20.9 Å². The Labute approximate surface area is 178 Å². The minimum Gasteiger partial charge on any atom is -0.353 e. The first kappa shape index (κ1) is 21.0. The summed E-state index contributed by atoms with van der Waals surface area (Å²) in [6.45, 7) is 4.79. The maximum Gasteiger partial charge on any atom is 0.201 e. The van der Waals surface area contributed by atoms with E-state index in [1.54, 1.807) is 19.3 Å². The van der Waals surface area contributed by atoms with E-state index < -0.39 is 23.1 Å². The molecule has 0 bridgehead atoms. The molecule has 1 atom stereocenters. The molecule has 2 aliphatic heterocycles. The van der Waals surface area contributed by atoms with Gasteiger partial charge in [-0.15, -0.1) is 0 Å². The number of hydrogen-bond acceptors (Lipinski definition) is 7. The Hall–Kier alpha value is -3.27. The zero-order valence-corrected chi connectivity index (χ0v) is 17.3. The van der Waals surface area contributed by atoms with Crippen LogP contribution in [0.2, 0.25) is 0 Å². The topological polar surface area (TPSA) is 67.8 Å². The molecule has 1 saturated heterocycles. The predicted molar refractivity (Wildman–Crippen MR) is 114 cm³/mol. The first-order chi connectivity index (χ1) is 14.9. The molecule has 2 aliphatic rings. The standard InChI is InChI=1S/C21H24F3N7/c1-21(25-2)13-16(27-15-7-6-14(22)18(23)19(15)24)28-20(29-21)31-11-9-30(10-12-31)17-5-3-4-8-26-17/h3-8,13,25,27H,9-12H2,1-2H3,(H,28,29).